The summed E-state index contributed by atoms with van der Waals surface area (Å²) in [7, 11) is 1.34. The van der Waals surface area contributed by atoms with E-state index in [9.17, 15) is 14.0 Å². The van der Waals surface area contributed by atoms with Crippen LogP contribution in [0.5, 0.6) is 5.75 Å². The summed E-state index contributed by atoms with van der Waals surface area (Å²) < 4.78 is 18.0. The number of benzene rings is 1. The number of anilines is 1. The normalized spacial score (nSPS) is 13.1. The smallest absolute Gasteiger partial charge is 0.326 e. The molecule has 21 heavy (non-hydrogen) atoms. The van der Waals surface area contributed by atoms with E-state index < -0.39 is 23.9 Å². The highest BCUT2D eigenvalue weighted by molar-refractivity contribution is 5.93. The minimum absolute atomic E-state index is 0.153. The first kappa shape index (κ1) is 16.7. The number of carboxylic acid groups (broad SMARTS) is 1. The number of halogens is 1. The van der Waals surface area contributed by atoms with Gasteiger partial charge >= 0.3 is 12.0 Å². The molecule has 116 valence electrons. The third-order valence-corrected chi connectivity index (χ3v) is 3.18. The average molecular weight is 298 g/mol. The van der Waals surface area contributed by atoms with Crippen LogP contribution in [0, 0.1) is 11.7 Å². The number of amides is 2. The third-order valence-electron chi connectivity index (χ3n) is 3.18. The van der Waals surface area contributed by atoms with Gasteiger partial charge < -0.3 is 20.5 Å². The fraction of sp³-hybridized carbons (Fsp3) is 0.429. The van der Waals surface area contributed by atoms with Crippen molar-refractivity contribution in [2.45, 2.75) is 26.3 Å². The molecule has 0 aliphatic rings. The highest BCUT2D eigenvalue weighted by atomic mass is 19.1. The Morgan fingerprint density at radius 3 is 2.62 bits per heavy atom. The lowest BCUT2D eigenvalue weighted by Gasteiger charge is -2.20. The predicted molar refractivity (Wildman–Crippen MR) is 76.0 cm³/mol. The van der Waals surface area contributed by atoms with Gasteiger partial charge in [0.25, 0.3) is 0 Å². The zero-order chi connectivity index (χ0) is 16.0. The Bertz CT molecular complexity index is 522. The minimum atomic E-state index is -1.11. The summed E-state index contributed by atoms with van der Waals surface area (Å²) >= 11 is 0. The van der Waals surface area contributed by atoms with Gasteiger partial charge in [-0.1, -0.05) is 20.3 Å². The second-order valence-corrected chi connectivity index (χ2v) is 4.64. The fourth-order valence-electron chi connectivity index (χ4n) is 1.75. The summed E-state index contributed by atoms with van der Waals surface area (Å²) in [5, 5.41) is 13.9. The number of carbonyl (C=O) groups excluding carboxylic acids is 1. The zero-order valence-corrected chi connectivity index (χ0v) is 12.1. The highest BCUT2D eigenvalue weighted by Gasteiger charge is 2.25. The molecule has 0 fully saturated rings. The second-order valence-electron chi connectivity index (χ2n) is 4.64. The van der Waals surface area contributed by atoms with E-state index in [2.05, 4.69) is 10.6 Å². The third kappa shape index (κ3) is 4.62. The SMILES string of the molecule is CCC(C)C(NC(=O)Nc1ccc(F)cc1OC)C(=O)O. The Labute approximate surface area is 122 Å². The van der Waals surface area contributed by atoms with Crippen molar-refractivity contribution in [2.75, 3.05) is 12.4 Å². The van der Waals surface area contributed by atoms with Crippen LogP contribution in [0.4, 0.5) is 14.9 Å². The molecule has 0 aromatic heterocycles. The first-order valence-corrected chi connectivity index (χ1v) is 6.52. The number of rotatable bonds is 6. The molecule has 0 aliphatic heterocycles. The van der Waals surface area contributed by atoms with Gasteiger partial charge in [0.1, 0.15) is 17.6 Å². The molecule has 2 atom stereocenters. The summed E-state index contributed by atoms with van der Waals surface area (Å²) in [4.78, 5) is 23.0. The largest absolute Gasteiger partial charge is 0.494 e. The molecular formula is C14H19FN2O4. The molecule has 2 amide bonds. The van der Waals surface area contributed by atoms with Crippen molar-refractivity contribution >= 4 is 17.7 Å². The first-order valence-electron chi connectivity index (χ1n) is 6.52. The lowest BCUT2D eigenvalue weighted by molar-refractivity contribution is -0.140. The topological polar surface area (TPSA) is 87.7 Å². The van der Waals surface area contributed by atoms with E-state index in [1.54, 1.807) is 6.92 Å². The van der Waals surface area contributed by atoms with Crippen molar-refractivity contribution in [3.05, 3.63) is 24.0 Å². The molecule has 1 aromatic rings. The van der Waals surface area contributed by atoms with Gasteiger partial charge in [-0.15, -0.1) is 0 Å². The molecule has 0 radical (unpaired) electrons. The first-order chi connectivity index (χ1) is 9.88. The number of hydrogen-bond acceptors (Lipinski definition) is 3. The Morgan fingerprint density at radius 2 is 2.10 bits per heavy atom. The van der Waals surface area contributed by atoms with Crippen LogP contribution in [0.25, 0.3) is 0 Å². The van der Waals surface area contributed by atoms with Gasteiger partial charge in [-0.2, -0.15) is 0 Å². The summed E-state index contributed by atoms with van der Waals surface area (Å²) in [6.07, 6.45) is 0.608. The maximum absolute atomic E-state index is 13.1. The number of nitrogens with one attached hydrogen (secondary N) is 2. The summed E-state index contributed by atoms with van der Waals surface area (Å²) in [5.41, 5.74) is 0.254. The molecule has 0 saturated heterocycles. The van der Waals surface area contributed by atoms with Crippen LogP contribution >= 0.6 is 0 Å². The number of aliphatic carboxylic acids is 1. The van der Waals surface area contributed by atoms with E-state index in [-0.39, 0.29) is 17.4 Å². The lowest BCUT2D eigenvalue weighted by Crippen LogP contribution is -2.46. The maximum Gasteiger partial charge on any atom is 0.326 e. The van der Waals surface area contributed by atoms with E-state index >= 15 is 0 Å². The van der Waals surface area contributed by atoms with Gasteiger partial charge in [0.15, 0.2) is 0 Å². The summed E-state index contributed by atoms with van der Waals surface area (Å²) in [6, 6.07) is 1.95. The Morgan fingerprint density at radius 1 is 1.43 bits per heavy atom. The molecular weight excluding hydrogens is 279 g/mol. The van der Waals surface area contributed by atoms with Crippen molar-refractivity contribution in [1.82, 2.24) is 5.32 Å². The Hall–Kier alpha value is -2.31. The van der Waals surface area contributed by atoms with Crippen LogP contribution in [0.2, 0.25) is 0 Å². The second kappa shape index (κ2) is 7.47. The van der Waals surface area contributed by atoms with E-state index in [4.69, 9.17) is 9.84 Å². The molecule has 0 spiro atoms. The van der Waals surface area contributed by atoms with Crippen LogP contribution < -0.4 is 15.4 Å². The maximum atomic E-state index is 13.1. The fourth-order valence-corrected chi connectivity index (χ4v) is 1.75. The van der Waals surface area contributed by atoms with Crippen molar-refractivity contribution < 1.29 is 23.8 Å². The van der Waals surface area contributed by atoms with Gasteiger partial charge in [-0.3, -0.25) is 0 Å². The number of urea groups is 1. The van der Waals surface area contributed by atoms with Crippen LogP contribution in [-0.2, 0) is 4.79 Å². The summed E-state index contributed by atoms with van der Waals surface area (Å²) in [5.74, 6) is -1.67. The summed E-state index contributed by atoms with van der Waals surface area (Å²) in [6.45, 7) is 3.57. The molecule has 1 rings (SSSR count). The van der Waals surface area contributed by atoms with E-state index in [0.29, 0.717) is 6.42 Å². The highest BCUT2D eigenvalue weighted by Crippen LogP contribution is 2.24. The molecule has 2 unspecified atom stereocenters. The van der Waals surface area contributed by atoms with E-state index in [1.807, 2.05) is 6.92 Å². The van der Waals surface area contributed by atoms with Crippen LogP contribution in [0.3, 0.4) is 0 Å². The predicted octanol–water partition coefficient (Wildman–Crippen LogP) is 2.46. The monoisotopic (exact) mass is 298 g/mol. The van der Waals surface area contributed by atoms with Crippen LogP contribution in [0.15, 0.2) is 18.2 Å². The molecule has 0 bridgehead atoms. The van der Waals surface area contributed by atoms with Gasteiger partial charge in [0.05, 0.1) is 12.8 Å². The molecule has 1 aromatic carbocycles. The number of hydrogen-bond donors (Lipinski definition) is 3. The average Bonchev–Trinajstić information content (AvgIpc) is 2.45. The molecule has 0 aliphatic carbocycles. The minimum Gasteiger partial charge on any atom is -0.494 e. The molecule has 3 N–H and O–H groups in total. The Kier molecular flexibility index (Phi) is 5.95. The number of carboxylic acids is 1. The zero-order valence-electron chi connectivity index (χ0n) is 12.1. The Balaban J connectivity index is 2.79. The van der Waals surface area contributed by atoms with Crippen molar-refractivity contribution in [1.29, 1.82) is 0 Å². The van der Waals surface area contributed by atoms with Gasteiger partial charge in [0.2, 0.25) is 0 Å². The van der Waals surface area contributed by atoms with E-state index in [1.165, 1.54) is 19.2 Å². The van der Waals surface area contributed by atoms with Crippen molar-refractivity contribution in [3.63, 3.8) is 0 Å². The van der Waals surface area contributed by atoms with Crippen LogP contribution in [-0.4, -0.2) is 30.3 Å². The standard InChI is InChI=1S/C14H19FN2O4/c1-4-8(2)12(13(18)19)17-14(20)16-10-6-5-9(15)7-11(10)21-3/h5-8,12H,4H2,1-3H3,(H,18,19)(H2,16,17,20). The van der Waals surface area contributed by atoms with Gasteiger partial charge in [0, 0.05) is 6.07 Å². The molecule has 0 saturated carbocycles. The van der Waals surface area contributed by atoms with Gasteiger partial charge in [-0.25, -0.2) is 14.0 Å². The van der Waals surface area contributed by atoms with E-state index in [0.717, 1.165) is 6.07 Å². The number of ether oxygens (including phenoxy) is 1. The van der Waals surface area contributed by atoms with Gasteiger partial charge in [-0.05, 0) is 18.1 Å². The molecule has 7 heteroatoms. The molecule has 0 heterocycles. The number of carbonyl (C=O) groups is 2. The van der Waals surface area contributed by atoms with Crippen molar-refractivity contribution in [2.24, 2.45) is 5.92 Å². The lowest BCUT2D eigenvalue weighted by atomic mass is 9.99. The molecule has 6 nitrogen and oxygen atoms in total. The van der Waals surface area contributed by atoms with Crippen LogP contribution in [0.1, 0.15) is 20.3 Å². The number of methoxy groups -OCH3 is 1. The van der Waals surface area contributed by atoms with Crippen molar-refractivity contribution in [3.8, 4) is 5.75 Å². The quantitative estimate of drug-likeness (QED) is 0.752.